The van der Waals surface area contributed by atoms with Gasteiger partial charge in [0.1, 0.15) is 11.8 Å². The van der Waals surface area contributed by atoms with E-state index in [1.165, 1.54) is 6.33 Å². The number of pyridine rings is 1. The van der Waals surface area contributed by atoms with Crippen molar-refractivity contribution in [3.63, 3.8) is 0 Å². The van der Waals surface area contributed by atoms with Gasteiger partial charge in [-0.05, 0) is 30.7 Å². The second-order valence-electron chi connectivity index (χ2n) is 7.37. The summed E-state index contributed by atoms with van der Waals surface area (Å²) in [5.41, 5.74) is 2.77. The Labute approximate surface area is 182 Å². The molecular weight excluding hydrogens is 416 g/mol. The van der Waals surface area contributed by atoms with Gasteiger partial charge in [0.15, 0.2) is 5.82 Å². The van der Waals surface area contributed by atoms with Crippen molar-refractivity contribution in [1.29, 1.82) is 0 Å². The van der Waals surface area contributed by atoms with Gasteiger partial charge in [0.2, 0.25) is 0 Å². The fourth-order valence-electron chi connectivity index (χ4n) is 3.49. The smallest absolute Gasteiger partial charge is 0.296 e. The molecule has 1 saturated heterocycles. The lowest BCUT2D eigenvalue weighted by Gasteiger charge is -2.28. The van der Waals surface area contributed by atoms with Crippen molar-refractivity contribution in [2.75, 3.05) is 37.8 Å². The largest absolute Gasteiger partial charge is 0.378 e. The third kappa shape index (κ3) is 5.00. The molecule has 0 saturated carbocycles. The van der Waals surface area contributed by atoms with Gasteiger partial charge in [0.25, 0.3) is 10.1 Å². The third-order valence-corrected chi connectivity index (χ3v) is 6.49. The van der Waals surface area contributed by atoms with Crippen LogP contribution < -0.4 is 4.90 Å². The van der Waals surface area contributed by atoms with Crippen molar-refractivity contribution < 1.29 is 17.3 Å². The number of rotatable bonds is 8. The summed E-state index contributed by atoms with van der Waals surface area (Å²) in [6, 6.07) is 10.4. The first kappa shape index (κ1) is 21.6. The van der Waals surface area contributed by atoms with E-state index >= 15 is 0 Å². The average molecular weight is 443 g/mol. The fourth-order valence-corrected chi connectivity index (χ4v) is 4.48. The highest BCUT2D eigenvalue weighted by molar-refractivity contribution is 7.86. The van der Waals surface area contributed by atoms with Crippen molar-refractivity contribution in [1.82, 2.24) is 15.0 Å². The van der Waals surface area contributed by atoms with Crippen LogP contribution in [-0.4, -0.2) is 56.3 Å². The molecule has 4 rings (SSSR count). The van der Waals surface area contributed by atoms with Gasteiger partial charge in [-0.1, -0.05) is 31.9 Å². The third-order valence-electron chi connectivity index (χ3n) is 5.18. The summed E-state index contributed by atoms with van der Waals surface area (Å²) < 4.78 is 35.8. The molecule has 1 aromatic carbocycles. The van der Waals surface area contributed by atoms with Crippen LogP contribution in [0.1, 0.15) is 26.2 Å². The van der Waals surface area contributed by atoms with Crippen LogP contribution in [0.15, 0.2) is 47.6 Å². The van der Waals surface area contributed by atoms with E-state index in [-0.39, 0.29) is 11.5 Å². The van der Waals surface area contributed by atoms with Crippen LogP contribution in [-0.2, 0) is 19.0 Å². The predicted molar refractivity (Wildman–Crippen MR) is 118 cm³/mol. The van der Waals surface area contributed by atoms with E-state index in [9.17, 15) is 8.42 Å². The lowest BCUT2D eigenvalue weighted by atomic mass is 10.1. The molecule has 1 aliphatic heterocycles. The molecule has 0 radical (unpaired) electrons. The molecule has 9 heteroatoms. The molecule has 8 nitrogen and oxygen atoms in total. The van der Waals surface area contributed by atoms with E-state index in [0.717, 1.165) is 37.3 Å². The maximum atomic E-state index is 12.6. The Morgan fingerprint density at radius 3 is 2.74 bits per heavy atom. The Morgan fingerprint density at radius 2 is 1.94 bits per heavy atom. The summed E-state index contributed by atoms with van der Waals surface area (Å²) in [5.74, 6) is 0.762. The van der Waals surface area contributed by atoms with E-state index in [4.69, 9.17) is 13.9 Å². The second-order valence-corrected chi connectivity index (χ2v) is 8.99. The van der Waals surface area contributed by atoms with Crippen molar-refractivity contribution in [3.8, 4) is 11.3 Å². The maximum Gasteiger partial charge on any atom is 0.296 e. The number of hydrogen-bond donors (Lipinski definition) is 0. The molecule has 164 valence electrons. The molecule has 1 aliphatic rings. The molecule has 0 amide bonds. The molecule has 3 heterocycles. The monoisotopic (exact) mass is 442 g/mol. The van der Waals surface area contributed by atoms with Crippen molar-refractivity contribution >= 4 is 27.0 Å². The highest BCUT2D eigenvalue weighted by Gasteiger charge is 2.19. The van der Waals surface area contributed by atoms with E-state index in [2.05, 4.69) is 21.8 Å². The summed E-state index contributed by atoms with van der Waals surface area (Å²) in [6.45, 7) is 5.01. The van der Waals surface area contributed by atoms with Crippen LogP contribution in [0.4, 0.5) is 5.82 Å². The van der Waals surface area contributed by atoms with Gasteiger partial charge in [0.05, 0.1) is 35.9 Å². The molecule has 2 aromatic heterocycles. The fraction of sp³-hybridized carbons (Fsp3) is 0.409. The maximum absolute atomic E-state index is 12.6. The summed E-state index contributed by atoms with van der Waals surface area (Å²) >= 11 is 0. The summed E-state index contributed by atoms with van der Waals surface area (Å²) in [5, 5.41) is 0. The number of aromatic nitrogens is 3. The number of anilines is 1. The molecule has 3 aromatic rings. The second kappa shape index (κ2) is 9.67. The minimum Gasteiger partial charge on any atom is -0.378 e. The highest BCUT2D eigenvalue weighted by Crippen LogP contribution is 2.27. The molecular formula is C22H26N4O4S. The number of hydrogen-bond acceptors (Lipinski definition) is 8. The normalized spacial score (nSPS) is 14.8. The molecule has 0 bridgehead atoms. The van der Waals surface area contributed by atoms with Crippen molar-refractivity contribution in [2.45, 2.75) is 31.1 Å². The van der Waals surface area contributed by atoms with Gasteiger partial charge < -0.3 is 9.64 Å². The molecule has 31 heavy (non-hydrogen) atoms. The zero-order valence-corrected chi connectivity index (χ0v) is 18.3. The summed E-state index contributed by atoms with van der Waals surface area (Å²) in [4.78, 5) is 15.8. The minimum absolute atomic E-state index is 0.126. The molecule has 0 atom stereocenters. The molecule has 0 aliphatic carbocycles. The summed E-state index contributed by atoms with van der Waals surface area (Å²) in [7, 11) is -3.81. The number of fused-ring (bicyclic) bond motifs is 1. The quantitative estimate of drug-likeness (QED) is 0.387. The molecule has 1 fully saturated rings. The van der Waals surface area contributed by atoms with Gasteiger partial charge in [0, 0.05) is 18.7 Å². The van der Waals surface area contributed by atoms with Gasteiger partial charge in [-0.15, -0.1) is 0 Å². The number of nitrogens with zero attached hydrogens (tertiary/aromatic N) is 4. The van der Waals surface area contributed by atoms with Crippen LogP contribution in [0.5, 0.6) is 0 Å². The number of unbranched alkanes of at least 4 members (excludes halogenated alkanes) is 2. The van der Waals surface area contributed by atoms with Gasteiger partial charge in [-0.3, -0.25) is 4.18 Å². The zero-order chi connectivity index (χ0) is 21.7. The zero-order valence-electron chi connectivity index (χ0n) is 17.5. The van der Waals surface area contributed by atoms with Gasteiger partial charge in [-0.25, -0.2) is 15.0 Å². The Balaban J connectivity index is 1.65. The number of ether oxygens (including phenoxy) is 1. The van der Waals surface area contributed by atoms with Crippen LogP contribution in [0.25, 0.3) is 22.3 Å². The van der Waals surface area contributed by atoms with E-state index in [1.807, 2.05) is 18.2 Å². The van der Waals surface area contributed by atoms with Crippen LogP contribution in [0.2, 0.25) is 0 Å². The van der Waals surface area contributed by atoms with E-state index in [1.54, 1.807) is 18.2 Å². The van der Waals surface area contributed by atoms with Crippen LogP contribution >= 0.6 is 0 Å². The van der Waals surface area contributed by atoms with Gasteiger partial charge in [-0.2, -0.15) is 8.42 Å². The Kier molecular flexibility index (Phi) is 6.74. The van der Waals surface area contributed by atoms with E-state index < -0.39 is 10.1 Å². The Hall–Kier alpha value is -2.62. The van der Waals surface area contributed by atoms with Crippen LogP contribution in [0, 0.1) is 0 Å². The minimum atomic E-state index is -3.81. The summed E-state index contributed by atoms with van der Waals surface area (Å²) in [6.07, 6.45) is 4.19. The Bertz CT molecular complexity index is 1150. The number of benzene rings is 1. The first-order valence-corrected chi connectivity index (χ1v) is 11.9. The van der Waals surface area contributed by atoms with E-state index in [0.29, 0.717) is 36.4 Å². The van der Waals surface area contributed by atoms with Gasteiger partial charge >= 0.3 is 0 Å². The molecule has 0 N–H and O–H groups in total. The lowest BCUT2D eigenvalue weighted by molar-refractivity contribution is 0.122. The molecule has 0 spiro atoms. The van der Waals surface area contributed by atoms with Crippen molar-refractivity contribution in [2.24, 2.45) is 0 Å². The first-order chi connectivity index (χ1) is 15.1. The van der Waals surface area contributed by atoms with Crippen molar-refractivity contribution in [3.05, 3.63) is 42.7 Å². The number of morpholine rings is 1. The van der Waals surface area contributed by atoms with Crippen LogP contribution in [0.3, 0.4) is 0 Å². The molecule has 0 unspecified atom stereocenters. The lowest BCUT2D eigenvalue weighted by Crippen LogP contribution is -2.37. The highest BCUT2D eigenvalue weighted by atomic mass is 32.2. The standard InChI is InChI=1S/C22H26N4O4S/c1-2-3-4-12-30-31(27,28)18-7-5-6-17(15-18)19-8-9-20-21(25-19)22(24-16-23-20)26-10-13-29-14-11-26/h5-9,15-16H,2-4,10-14H2,1H3. The average Bonchev–Trinajstić information content (AvgIpc) is 2.82. The first-order valence-electron chi connectivity index (χ1n) is 10.5. The predicted octanol–water partition coefficient (Wildman–Crippen LogP) is 3.42. The Morgan fingerprint density at radius 1 is 1.10 bits per heavy atom. The topological polar surface area (TPSA) is 94.5 Å². The SMILES string of the molecule is CCCCCOS(=O)(=O)c1cccc(-c2ccc3ncnc(N4CCOCC4)c3n2)c1.